The number of aromatic nitrogens is 1. The number of carbonyl (C=O) groups is 3. The lowest BCUT2D eigenvalue weighted by Crippen LogP contribution is -2.59. The van der Waals surface area contributed by atoms with Gasteiger partial charge in [-0.1, -0.05) is 44.2 Å². The number of ether oxygens (including phenoxy) is 3. The summed E-state index contributed by atoms with van der Waals surface area (Å²) in [5, 5.41) is 0. The third kappa shape index (κ3) is 4.05. The van der Waals surface area contributed by atoms with Crippen molar-refractivity contribution in [3.8, 4) is 0 Å². The van der Waals surface area contributed by atoms with Gasteiger partial charge in [-0.3, -0.25) is 9.78 Å². The highest BCUT2D eigenvalue weighted by Gasteiger charge is 2.61. The number of morpholine rings is 2. The lowest BCUT2D eigenvalue weighted by Gasteiger charge is -2.43. The van der Waals surface area contributed by atoms with Crippen molar-refractivity contribution < 1.29 is 28.6 Å². The SMILES string of the molecule is CCOC(=O)c1c2c(nc(C(C)C)c1N1CCOCC1)[C@@]1(C)C(=O)OC[C@H](Cc3ccccc3)N1C2=O. The van der Waals surface area contributed by atoms with Crippen molar-refractivity contribution in [2.75, 3.05) is 44.4 Å². The third-order valence-electron chi connectivity index (χ3n) is 7.41. The molecular formula is C28H33N3O6. The van der Waals surface area contributed by atoms with Crippen LogP contribution in [0.15, 0.2) is 30.3 Å². The molecule has 0 spiro atoms. The summed E-state index contributed by atoms with van der Waals surface area (Å²) in [5.74, 6) is -1.60. The maximum absolute atomic E-state index is 14.3. The third-order valence-corrected chi connectivity index (χ3v) is 7.41. The zero-order valence-electron chi connectivity index (χ0n) is 21.8. The number of esters is 2. The fourth-order valence-corrected chi connectivity index (χ4v) is 5.65. The van der Waals surface area contributed by atoms with Gasteiger partial charge in [0.05, 0.1) is 54.1 Å². The van der Waals surface area contributed by atoms with Gasteiger partial charge in [0.2, 0.25) is 0 Å². The lowest BCUT2D eigenvalue weighted by atomic mass is 9.89. The van der Waals surface area contributed by atoms with Crippen LogP contribution in [-0.2, 0) is 31.0 Å². The smallest absolute Gasteiger partial charge is 0.341 e. The quantitative estimate of drug-likeness (QED) is 0.551. The Morgan fingerprint density at radius 1 is 1.19 bits per heavy atom. The Morgan fingerprint density at radius 3 is 2.54 bits per heavy atom. The summed E-state index contributed by atoms with van der Waals surface area (Å²) in [5.41, 5.74) is 1.42. The first-order valence-corrected chi connectivity index (χ1v) is 12.9. The van der Waals surface area contributed by atoms with Gasteiger partial charge in [0.1, 0.15) is 6.61 Å². The van der Waals surface area contributed by atoms with E-state index in [0.717, 1.165) is 5.56 Å². The van der Waals surface area contributed by atoms with E-state index in [-0.39, 0.29) is 36.0 Å². The second-order valence-electron chi connectivity index (χ2n) is 10.1. The van der Waals surface area contributed by atoms with Crippen molar-refractivity contribution in [3.05, 3.63) is 58.4 Å². The summed E-state index contributed by atoms with van der Waals surface area (Å²) in [6, 6.07) is 9.37. The fraction of sp³-hybridized carbons (Fsp3) is 0.500. The Balaban J connectivity index is 1.73. The van der Waals surface area contributed by atoms with Crippen molar-refractivity contribution in [1.29, 1.82) is 0 Å². The number of benzene rings is 1. The Hall–Kier alpha value is -3.46. The molecule has 1 amide bonds. The largest absolute Gasteiger partial charge is 0.462 e. The molecule has 196 valence electrons. The molecule has 37 heavy (non-hydrogen) atoms. The van der Waals surface area contributed by atoms with E-state index < -0.39 is 29.4 Å². The van der Waals surface area contributed by atoms with E-state index in [1.54, 1.807) is 18.7 Å². The minimum atomic E-state index is -1.45. The molecule has 3 aliphatic heterocycles. The van der Waals surface area contributed by atoms with E-state index in [1.165, 1.54) is 0 Å². The van der Waals surface area contributed by atoms with Crippen LogP contribution in [0.2, 0.25) is 0 Å². The molecule has 2 saturated heterocycles. The maximum atomic E-state index is 14.3. The molecule has 3 aliphatic rings. The number of pyridine rings is 1. The molecule has 9 heteroatoms. The van der Waals surface area contributed by atoms with Gasteiger partial charge >= 0.3 is 11.9 Å². The molecule has 2 fully saturated rings. The fourth-order valence-electron chi connectivity index (χ4n) is 5.65. The van der Waals surface area contributed by atoms with Crippen molar-refractivity contribution in [2.24, 2.45) is 0 Å². The molecule has 5 rings (SSSR count). The van der Waals surface area contributed by atoms with E-state index >= 15 is 0 Å². The summed E-state index contributed by atoms with van der Waals surface area (Å²) in [7, 11) is 0. The average Bonchev–Trinajstić information content (AvgIpc) is 3.14. The van der Waals surface area contributed by atoms with Crippen molar-refractivity contribution in [1.82, 2.24) is 9.88 Å². The molecule has 0 unspecified atom stereocenters. The van der Waals surface area contributed by atoms with Gasteiger partial charge in [-0.25, -0.2) is 9.59 Å². The van der Waals surface area contributed by atoms with Crippen LogP contribution in [0, 0.1) is 0 Å². The van der Waals surface area contributed by atoms with Crippen molar-refractivity contribution >= 4 is 23.5 Å². The van der Waals surface area contributed by atoms with E-state index in [1.807, 2.05) is 49.1 Å². The Bertz CT molecular complexity index is 1220. The highest BCUT2D eigenvalue weighted by atomic mass is 16.5. The summed E-state index contributed by atoms with van der Waals surface area (Å²) in [6.45, 7) is 9.73. The normalized spacial score (nSPS) is 23.1. The monoisotopic (exact) mass is 507 g/mol. The van der Waals surface area contributed by atoms with E-state index in [4.69, 9.17) is 19.2 Å². The Kier molecular flexibility index (Phi) is 6.66. The Morgan fingerprint density at radius 2 is 1.89 bits per heavy atom. The van der Waals surface area contributed by atoms with E-state index in [9.17, 15) is 14.4 Å². The van der Waals surface area contributed by atoms with Crippen molar-refractivity contribution in [3.63, 3.8) is 0 Å². The molecule has 1 aromatic carbocycles. The minimum Gasteiger partial charge on any atom is -0.462 e. The number of nitrogens with zero attached hydrogens (tertiary/aromatic N) is 3. The number of amides is 1. The topological polar surface area (TPSA) is 98.3 Å². The minimum absolute atomic E-state index is 0.0745. The van der Waals surface area contributed by atoms with Crippen molar-refractivity contribution in [2.45, 2.75) is 51.6 Å². The van der Waals surface area contributed by atoms with E-state index in [0.29, 0.717) is 44.1 Å². The van der Waals surface area contributed by atoms with E-state index in [2.05, 4.69) is 0 Å². The molecule has 0 aliphatic carbocycles. The van der Waals surface area contributed by atoms with Crippen LogP contribution in [-0.4, -0.2) is 73.3 Å². The molecule has 0 radical (unpaired) electrons. The zero-order chi connectivity index (χ0) is 26.3. The van der Waals surface area contributed by atoms with Crippen LogP contribution in [0.4, 0.5) is 5.69 Å². The first-order chi connectivity index (χ1) is 17.8. The Labute approximate surface area is 216 Å². The molecule has 9 nitrogen and oxygen atoms in total. The summed E-state index contributed by atoms with van der Waals surface area (Å²) < 4.78 is 16.7. The van der Waals surface area contributed by atoms with Crippen LogP contribution in [0.25, 0.3) is 0 Å². The first kappa shape index (κ1) is 25.2. The zero-order valence-corrected chi connectivity index (χ0v) is 21.8. The number of carbonyl (C=O) groups excluding carboxylic acids is 3. The van der Waals surface area contributed by atoms with Crippen LogP contribution < -0.4 is 4.90 Å². The predicted molar refractivity (Wildman–Crippen MR) is 136 cm³/mol. The molecule has 2 atom stereocenters. The van der Waals surface area contributed by atoms with Crippen LogP contribution in [0.5, 0.6) is 0 Å². The average molecular weight is 508 g/mol. The highest BCUT2D eigenvalue weighted by Crippen LogP contribution is 2.48. The number of rotatable bonds is 6. The van der Waals surface area contributed by atoms with Gasteiger partial charge in [-0.15, -0.1) is 0 Å². The van der Waals surface area contributed by atoms with Gasteiger partial charge in [0.15, 0.2) is 5.54 Å². The number of cyclic esters (lactones) is 1. The molecule has 2 aromatic rings. The summed E-state index contributed by atoms with van der Waals surface area (Å²) in [4.78, 5) is 49.8. The summed E-state index contributed by atoms with van der Waals surface area (Å²) in [6.07, 6.45) is 0.505. The van der Waals surface area contributed by atoms with Gasteiger partial charge in [-0.2, -0.15) is 0 Å². The molecule has 0 N–H and O–H groups in total. The van der Waals surface area contributed by atoms with Gasteiger partial charge < -0.3 is 24.0 Å². The number of fused-ring (bicyclic) bond motifs is 3. The number of hydrogen-bond acceptors (Lipinski definition) is 8. The number of anilines is 1. The highest BCUT2D eigenvalue weighted by molar-refractivity contribution is 6.14. The van der Waals surface area contributed by atoms with Crippen LogP contribution in [0.3, 0.4) is 0 Å². The molecule has 1 aromatic heterocycles. The van der Waals surface area contributed by atoms with Gasteiger partial charge in [0.25, 0.3) is 5.91 Å². The second-order valence-corrected chi connectivity index (χ2v) is 10.1. The first-order valence-electron chi connectivity index (χ1n) is 12.9. The molecular weight excluding hydrogens is 474 g/mol. The van der Waals surface area contributed by atoms with Crippen LogP contribution in [0.1, 0.15) is 71.3 Å². The molecule has 4 heterocycles. The maximum Gasteiger partial charge on any atom is 0.341 e. The molecule has 0 saturated carbocycles. The summed E-state index contributed by atoms with van der Waals surface area (Å²) >= 11 is 0. The number of hydrogen-bond donors (Lipinski definition) is 0. The van der Waals surface area contributed by atoms with Gasteiger partial charge in [0, 0.05) is 13.1 Å². The standard InChI is InChI=1S/C28H33N3O6/c1-5-36-26(33)20-21-24(29-22(17(2)3)23(20)30-11-13-35-14-12-30)28(4)27(34)37-16-19(31(28)25(21)32)15-18-9-7-6-8-10-18/h6-10,17,19H,5,11-16H2,1-4H3/t19-,28-/m0/s1. The predicted octanol–water partition coefficient (Wildman–Crippen LogP) is 3.06. The van der Waals surface area contributed by atoms with Crippen LogP contribution >= 0.6 is 0 Å². The lowest BCUT2D eigenvalue weighted by molar-refractivity contribution is -0.169. The molecule has 0 bridgehead atoms. The second kappa shape index (κ2) is 9.78. The van der Waals surface area contributed by atoms with Gasteiger partial charge in [-0.05, 0) is 31.7 Å².